The van der Waals surface area contributed by atoms with Crippen LogP contribution in [0, 0.1) is 0 Å². The van der Waals surface area contributed by atoms with Crippen molar-refractivity contribution in [1.82, 2.24) is 5.32 Å². The van der Waals surface area contributed by atoms with E-state index in [9.17, 15) is 0 Å². The van der Waals surface area contributed by atoms with Gasteiger partial charge in [0.1, 0.15) is 5.75 Å². The molecule has 0 heterocycles. The fraction of sp³-hybridized carbons (Fsp3) is 0.600. The molecule has 0 amide bonds. The number of nitrogens with one attached hydrogen (secondary N) is 1. The monoisotopic (exact) mass is 231 g/mol. The smallest absolute Gasteiger partial charge is 0.119 e. The lowest BCUT2D eigenvalue weighted by Crippen LogP contribution is -2.18. The van der Waals surface area contributed by atoms with Crippen molar-refractivity contribution in [2.24, 2.45) is 0 Å². The standard InChI is InChI=1S/C15H21NO/c1-3-16-14-8-11-6-4-5-10-7-12(17-2)9-13(14)15(10)11/h7,9,11,14,16H,3-6,8H2,1-2H3. The average Bonchev–Trinajstić information content (AvgIpc) is 2.70. The summed E-state index contributed by atoms with van der Waals surface area (Å²) in [5, 5.41) is 3.62. The number of methoxy groups -OCH3 is 1. The van der Waals surface area contributed by atoms with Crippen LogP contribution in [-0.4, -0.2) is 13.7 Å². The minimum absolute atomic E-state index is 0.548. The maximum Gasteiger partial charge on any atom is 0.119 e. The molecule has 0 saturated heterocycles. The first-order chi connectivity index (χ1) is 8.33. The van der Waals surface area contributed by atoms with E-state index in [2.05, 4.69) is 24.4 Å². The van der Waals surface area contributed by atoms with Gasteiger partial charge in [-0.2, -0.15) is 0 Å². The van der Waals surface area contributed by atoms with Crippen LogP contribution in [0.15, 0.2) is 12.1 Å². The van der Waals surface area contributed by atoms with Gasteiger partial charge < -0.3 is 10.1 Å². The molecule has 0 spiro atoms. The molecule has 0 aromatic heterocycles. The van der Waals surface area contributed by atoms with Crippen LogP contribution in [-0.2, 0) is 6.42 Å². The molecule has 0 saturated carbocycles. The molecule has 17 heavy (non-hydrogen) atoms. The second kappa shape index (κ2) is 4.34. The van der Waals surface area contributed by atoms with E-state index in [1.54, 1.807) is 12.7 Å². The Bertz CT molecular complexity index is 427. The molecule has 0 radical (unpaired) electrons. The average molecular weight is 231 g/mol. The number of benzene rings is 1. The Labute approximate surface area is 103 Å². The third-order valence-electron chi connectivity index (χ3n) is 4.26. The molecule has 3 rings (SSSR count). The lowest BCUT2D eigenvalue weighted by Gasteiger charge is -2.22. The minimum atomic E-state index is 0.548. The second-order valence-corrected chi connectivity index (χ2v) is 5.22. The van der Waals surface area contributed by atoms with E-state index in [4.69, 9.17) is 4.74 Å². The van der Waals surface area contributed by atoms with E-state index in [1.165, 1.54) is 36.8 Å². The van der Waals surface area contributed by atoms with Crippen LogP contribution in [0.2, 0.25) is 0 Å². The van der Waals surface area contributed by atoms with Gasteiger partial charge in [0.2, 0.25) is 0 Å². The zero-order chi connectivity index (χ0) is 11.8. The highest BCUT2D eigenvalue weighted by Gasteiger charge is 2.34. The van der Waals surface area contributed by atoms with Crippen molar-refractivity contribution in [1.29, 1.82) is 0 Å². The van der Waals surface area contributed by atoms with Crippen LogP contribution in [0.1, 0.15) is 54.8 Å². The van der Waals surface area contributed by atoms with Gasteiger partial charge in [-0.25, -0.2) is 0 Å². The van der Waals surface area contributed by atoms with E-state index >= 15 is 0 Å². The van der Waals surface area contributed by atoms with E-state index in [1.807, 2.05) is 0 Å². The van der Waals surface area contributed by atoms with E-state index in [0.29, 0.717) is 6.04 Å². The van der Waals surface area contributed by atoms with Crippen molar-refractivity contribution in [3.8, 4) is 5.75 Å². The highest BCUT2D eigenvalue weighted by atomic mass is 16.5. The molecule has 0 aliphatic heterocycles. The van der Waals surface area contributed by atoms with Crippen molar-refractivity contribution >= 4 is 0 Å². The number of rotatable bonds is 3. The largest absolute Gasteiger partial charge is 0.497 e. The fourth-order valence-corrected chi connectivity index (χ4v) is 3.59. The van der Waals surface area contributed by atoms with Crippen LogP contribution in [0.25, 0.3) is 0 Å². The third kappa shape index (κ3) is 1.75. The second-order valence-electron chi connectivity index (χ2n) is 5.22. The number of aryl methyl sites for hydroxylation is 1. The predicted octanol–water partition coefficient (Wildman–Crippen LogP) is 3.17. The molecule has 2 atom stereocenters. The van der Waals surface area contributed by atoms with Gasteiger partial charge in [-0.05, 0) is 67.0 Å². The Balaban J connectivity index is 2.07. The molecule has 2 unspecified atom stereocenters. The van der Waals surface area contributed by atoms with Crippen LogP contribution in [0.4, 0.5) is 0 Å². The Hall–Kier alpha value is -1.02. The third-order valence-corrected chi connectivity index (χ3v) is 4.26. The van der Waals surface area contributed by atoms with Crippen molar-refractivity contribution in [3.63, 3.8) is 0 Å². The van der Waals surface area contributed by atoms with Crippen molar-refractivity contribution < 1.29 is 4.74 Å². The zero-order valence-corrected chi connectivity index (χ0v) is 10.8. The van der Waals surface area contributed by atoms with Crippen LogP contribution in [0.5, 0.6) is 5.75 Å². The van der Waals surface area contributed by atoms with Crippen molar-refractivity contribution in [2.45, 2.75) is 44.6 Å². The first-order valence-corrected chi connectivity index (χ1v) is 6.77. The van der Waals surface area contributed by atoms with Gasteiger partial charge in [0.15, 0.2) is 0 Å². The lowest BCUT2D eigenvalue weighted by molar-refractivity contribution is 0.412. The lowest BCUT2D eigenvalue weighted by atomic mass is 9.84. The van der Waals surface area contributed by atoms with Gasteiger partial charge in [-0.1, -0.05) is 6.92 Å². The molecule has 0 bridgehead atoms. The fourth-order valence-electron chi connectivity index (χ4n) is 3.59. The first kappa shape index (κ1) is 11.1. The summed E-state index contributed by atoms with van der Waals surface area (Å²) < 4.78 is 5.44. The highest BCUT2D eigenvalue weighted by molar-refractivity contribution is 5.50. The molecular weight excluding hydrogens is 210 g/mol. The van der Waals surface area contributed by atoms with Crippen LogP contribution >= 0.6 is 0 Å². The summed E-state index contributed by atoms with van der Waals surface area (Å²) in [6.07, 6.45) is 5.22. The molecule has 2 heteroatoms. The molecule has 92 valence electrons. The van der Waals surface area contributed by atoms with E-state index < -0.39 is 0 Å². The summed E-state index contributed by atoms with van der Waals surface area (Å²) in [4.78, 5) is 0. The summed E-state index contributed by atoms with van der Waals surface area (Å²) in [6.45, 7) is 3.23. The van der Waals surface area contributed by atoms with Crippen LogP contribution < -0.4 is 10.1 Å². The first-order valence-electron chi connectivity index (χ1n) is 6.77. The number of hydrogen-bond donors (Lipinski definition) is 1. The Kier molecular flexibility index (Phi) is 2.83. The van der Waals surface area contributed by atoms with Gasteiger partial charge in [0, 0.05) is 6.04 Å². The van der Waals surface area contributed by atoms with Gasteiger partial charge >= 0.3 is 0 Å². The number of ether oxygens (including phenoxy) is 1. The maximum absolute atomic E-state index is 5.44. The maximum atomic E-state index is 5.44. The molecule has 0 fully saturated rings. The van der Waals surface area contributed by atoms with E-state index in [-0.39, 0.29) is 0 Å². The van der Waals surface area contributed by atoms with Crippen molar-refractivity contribution in [3.05, 3.63) is 28.8 Å². The summed E-state index contributed by atoms with van der Waals surface area (Å²) in [7, 11) is 1.77. The molecule has 2 nitrogen and oxygen atoms in total. The molecule has 1 N–H and O–H groups in total. The predicted molar refractivity (Wildman–Crippen MR) is 69.7 cm³/mol. The summed E-state index contributed by atoms with van der Waals surface area (Å²) >= 11 is 0. The Morgan fingerprint density at radius 1 is 1.41 bits per heavy atom. The topological polar surface area (TPSA) is 21.3 Å². The Morgan fingerprint density at radius 3 is 3.06 bits per heavy atom. The molecule has 2 aliphatic rings. The SMILES string of the molecule is CCNC1CC2CCCc3cc(OC)cc1c32. The number of hydrogen-bond acceptors (Lipinski definition) is 2. The molecule has 2 aliphatic carbocycles. The zero-order valence-electron chi connectivity index (χ0n) is 10.8. The molecule has 1 aromatic carbocycles. The summed E-state index contributed by atoms with van der Waals surface area (Å²) in [6, 6.07) is 5.04. The van der Waals surface area contributed by atoms with Gasteiger partial charge in [-0.3, -0.25) is 0 Å². The quantitative estimate of drug-likeness (QED) is 0.862. The summed E-state index contributed by atoms with van der Waals surface area (Å²) in [5.74, 6) is 1.83. The van der Waals surface area contributed by atoms with E-state index in [0.717, 1.165) is 18.2 Å². The van der Waals surface area contributed by atoms with Crippen LogP contribution in [0.3, 0.4) is 0 Å². The molecule has 1 aromatic rings. The van der Waals surface area contributed by atoms with Gasteiger partial charge in [-0.15, -0.1) is 0 Å². The van der Waals surface area contributed by atoms with Crippen molar-refractivity contribution in [2.75, 3.05) is 13.7 Å². The normalized spacial score (nSPS) is 25.8. The van der Waals surface area contributed by atoms with Gasteiger partial charge in [0.25, 0.3) is 0 Å². The highest BCUT2D eigenvalue weighted by Crippen LogP contribution is 2.48. The van der Waals surface area contributed by atoms with Gasteiger partial charge in [0.05, 0.1) is 7.11 Å². The molecular formula is C15H21NO. The summed E-state index contributed by atoms with van der Waals surface area (Å²) in [5.41, 5.74) is 4.69. The minimum Gasteiger partial charge on any atom is -0.497 e. The Morgan fingerprint density at radius 2 is 2.29 bits per heavy atom.